The summed E-state index contributed by atoms with van der Waals surface area (Å²) in [4.78, 5) is 25.9. The molecule has 6 nitrogen and oxygen atoms in total. The second-order valence-corrected chi connectivity index (χ2v) is 4.26. The molecule has 0 aromatic carbocycles. The molecule has 0 aliphatic heterocycles. The first-order chi connectivity index (χ1) is 9.06. The van der Waals surface area contributed by atoms with Crippen molar-refractivity contribution in [1.82, 2.24) is 10.3 Å². The van der Waals surface area contributed by atoms with Crippen molar-refractivity contribution in [2.45, 2.75) is 25.6 Å². The van der Waals surface area contributed by atoms with Crippen LogP contribution in [0.1, 0.15) is 12.5 Å². The standard InChI is InChI=1S/C11H12F3N3O3/c1-6-3-7(5-15-4-6)16-9(20)17-10(2,8(18)19)11(12,13)14/h3-5H,1-2H3,(H,18,19)(H2,16,17,20). The molecule has 1 aromatic heterocycles. The van der Waals surface area contributed by atoms with Crippen LogP contribution in [-0.4, -0.2) is 33.8 Å². The van der Waals surface area contributed by atoms with Gasteiger partial charge in [0, 0.05) is 6.20 Å². The zero-order chi connectivity index (χ0) is 15.6. The molecule has 3 N–H and O–H groups in total. The number of nitrogens with zero attached hydrogens (tertiary/aromatic N) is 1. The maximum atomic E-state index is 12.7. The monoisotopic (exact) mass is 291 g/mol. The van der Waals surface area contributed by atoms with E-state index in [1.165, 1.54) is 23.8 Å². The Bertz CT molecular complexity index is 533. The van der Waals surface area contributed by atoms with Crippen LogP contribution in [0.2, 0.25) is 0 Å². The number of pyridine rings is 1. The average molecular weight is 291 g/mol. The minimum atomic E-state index is -5.14. The third-order valence-corrected chi connectivity index (χ3v) is 2.49. The van der Waals surface area contributed by atoms with Crippen molar-refractivity contribution in [2.75, 3.05) is 5.32 Å². The largest absolute Gasteiger partial charge is 0.479 e. The van der Waals surface area contributed by atoms with Gasteiger partial charge in [-0.2, -0.15) is 13.2 Å². The van der Waals surface area contributed by atoms with Crippen LogP contribution in [-0.2, 0) is 4.79 Å². The first-order valence-corrected chi connectivity index (χ1v) is 5.37. The fraction of sp³-hybridized carbons (Fsp3) is 0.364. The number of amides is 2. The number of anilines is 1. The topological polar surface area (TPSA) is 91.3 Å². The predicted octanol–water partition coefficient (Wildman–Crippen LogP) is 1.92. The molecule has 2 amide bonds. The van der Waals surface area contributed by atoms with Crippen LogP contribution in [0.25, 0.3) is 0 Å². The van der Waals surface area contributed by atoms with Gasteiger partial charge in [-0.1, -0.05) is 0 Å². The van der Waals surface area contributed by atoms with Crippen LogP contribution < -0.4 is 10.6 Å². The molecule has 9 heteroatoms. The number of hydrogen-bond donors (Lipinski definition) is 3. The Balaban J connectivity index is 2.86. The summed E-state index contributed by atoms with van der Waals surface area (Å²) in [6.07, 6.45) is -2.43. The van der Waals surface area contributed by atoms with E-state index in [-0.39, 0.29) is 5.69 Å². The Kier molecular flexibility index (Phi) is 4.21. The van der Waals surface area contributed by atoms with Gasteiger partial charge in [0.15, 0.2) is 0 Å². The molecule has 0 bridgehead atoms. The molecule has 0 saturated heterocycles. The molecule has 0 radical (unpaired) electrons. The summed E-state index contributed by atoms with van der Waals surface area (Å²) in [6.45, 7) is 2.04. The lowest BCUT2D eigenvalue weighted by Crippen LogP contribution is -2.62. The predicted molar refractivity (Wildman–Crippen MR) is 63.2 cm³/mol. The lowest BCUT2D eigenvalue weighted by molar-refractivity contribution is -0.203. The number of alkyl halides is 3. The molecule has 1 rings (SSSR count). The molecule has 20 heavy (non-hydrogen) atoms. The second-order valence-electron chi connectivity index (χ2n) is 4.26. The Morgan fingerprint density at radius 2 is 1.90 bits per heavy atom. The number of aliphatic carboxylic acids is 1. The summed E-state index contributed by atoms with van der Waals surface area (Å²) < 4.78 is 38.0. The highest BCUT2D eigenvalue weighted by atomic mass is 19.4. The normalized spacial score (nSPS) is 14.2. The lowest BCUT2D eigenvalue weighted by Gasteiger charge is -2.28. The number of aromatic nitrogens is 1. The summed E-state index contributed by atoms with van der Waals surface area (Å²) in [5.74, 6) is -2.21. The Morgan fingerprint density at radius 1 is 1.30 bits per heavy atom. The maximum Gasteiger partial charge on any atom is 0.422 e. The van der Waals surface area contributed by atoms with E-state index < -0.39 is 23.7 Å². The van der Waals surface area contributed by atoms with Gasteiger partial charge >= 0.3 is 18.2 Å². The van der Waals surface area contributed by atoms with Gasteiger partial charge in [0.1, 0.15) is 0 Å². The molecule has 0 spiro atoms. The Morgan fingerprint density at radius 3 is 2.35 bits per heavy atom. The third kappa shape index (κ3) is 3.37. The molecule has 0 aliphatic rings. The third-order valence-electron chi connectivity index (χ3n) is 2.49. The fourth-order valence-electron chi connectivity index (χ4n) is 1.26. The minimum absolute atomic E-state index is 0.150. The van der Waals surface area contributed by atoms with Gasteiger partial charge < -0.3 is 15.7 Å². The zero-order valence-electron chi connectivity index (χ0n) is 10.6. The van der Waals surface area contributed by atoms with Crippen molar-refractivity contribution in [3.63, 3.8) is 0 Å². The number of aryl methyl sites for hydroxylation is 1. The molecular weight excluding hydrogens is 279 g/mol. The number of rotatable bonds is 3. The van der Waals surface area contributed by atoms with Crippen LogP contribution in [0.5, 0.6) is 0 Å². The molecule has 1 heterocycles. The van der Waals surface area contributed by atoms with Gasteiger partial charge in [-0.3, -0.25) is 4.98 Å². The molecule has 0 saturated carbocycles. The van der Waals surface area contributed by atoms with Crippen LogP contribution in [0.15, 0.2) is 18.5 Å². The first-order valence-electron chi connectivity index (χ1n) is 5.37. The Hall–Kier alpha value is -2.32. The van der Waals surface area contributed by atoms with E-state index >= 15 is 0 Å². The number of halogens is 3. The van der Waals surface area contributed by atoms with Crippen molar-refractivity contribution < 1.29 is 27.9 Å². The number of carboxylic acid groups (broad SMARTS) is 1. The van der Waals surface area contributed by atoms with Crippen molar-refractivity contribution in [1.29, 1.82) is 0 Å². The second kappa shape index (κ2) is 5.35. The molecule has 110 valence electrons. The van der Waals surface area contributed by atoms with E-state index in [0.717, 1.165) is 0 Å². The van der Waals surface area contributed by atoms with Gasteiger partial charge in [0.2, 0.25) is 5.54 Å². The van der Waals surface area contributed by atoms with Crippen LogP contribution >= 0.6 is 0 Å². The number of carbonyl (C=O) groups excluding carboxylic acids is 1. The average Bonchev–Trinajstić information content (AvgIpc) is 2.26. The molecule has 0 fully saturated rings. The number of urea groups is 1. The van der Waals surface area contributed by atoms with E-state index in [9.17, 15) is 22.8 Å². The van der Waals surface area contributed by atoms with E-state index in [4.69, 9.17) is 5.11 Å². The van der Waals surface area contributed by atoms with E-state index in [0.29, 0.717) is 12.5 Å². The van der Waals surface area contributed by atoms with E-state index in [1.54, 1.807) is 6.92 Å². The molecule has 0 aliphatic carbocycles. The summed E-state index contributed by atoms with van der Waals surface area (Å²) in [5, 5.41) is 12.1. The van der Waals surface area contributed by atoms with Crippen molar-refractivity contribution in [2.24, 2.45) is 0 Å². The van der Waals surface area contributed by atoms with Gasteiger partial charge in [0.05, 0.1) is 11.9 Å². The van der Waals surface area contributed by atoms with Gasteiger partial charge in [0.25, 0.3) is 0 Å². The van der Waals surface area contributed by atoms with Gasteiger partial charge in [-0.25, -0.2) is 9.59 Å². The molecule has 1 aromatic rings. The minimum Gasteiger partial charge on any atom is -0.479 e. The van der Waals surface area contributed by atoms with Crippen molar-refractivity contribution >= 4 is 17.7 Å². The lowest BCUT2D eigenvalue weighted by atomic mass is 10.0. The molecule has 1 atom stereocenters. The smallest absolute Gasteiger partial charge is 0.422 e. The van der Waals surface area contributed by atoms with Gasteiger partial charge in [-0.05, 0) is 25.5 Å². The number of carbonyl (C=O) groups is 2. The quantitative estimate of drug-likeness (QED) is 0.793. The van der Waals surface area contributed by atoms with Crippen LogP contribution in [0.4, 0.5) is 23.7 Å². The number of nitrogens with one attached hydrogen (secondary N) is 2. The van der Waals surface area contributed by atoms with Crippen molar-refractivity contribution in [3.05, 3.63) is 24.0 Å². The summed E-state index contributed by atoms with van der Waals surface area (Å²) in [5.41, 5.74) is -2.55. The van der Waals surface area contributed by atoms with Crippen molar-refractivity contribution in [3.8, 4) is 0 Å². The SMILES string of the molecule is Cc1cncc(NC(=O)NC(C)(C(=O)O)C(F)(F)F)c1. The highest BCUT2D eigenvalue weighted by molar-refractivity contribution is 5.94. The summed E-state index contributed by atoms with van der Waals surface area (Å²) in [7, 11) is 0. The fourth-order valence-corrected chi connectivity index (χ4v) is 1.26. The number of hydrogen-bond acceptors (Lipinski definition) is 3. The molecular formula is C11H12F3N3O3. The zero-order valence-corrected chi connectivity index (χ0v) is 10.6. The Labute approximate surface area is 112 Å². The highest BCUT2D eigenvalue weighted by Crippen LogP contribution is 2.30. The van der Waals surface area contributed by atoms with Crippen LogP contribution in [0, 0.1) is 6.92 Å². The highest BCUT2D eigenvalue weighted by Gasteiger charge is 2.58. The van der Waals surface area contributed by atoms with E-state index in [2.05, 4.69) is 10.3 Å². The van der Waals surface area contributed by atoms with Crippen LogP contribution in [0.3, 0.4) is 0 Å². The summed E-state index contributed by atoms with van der Waals surface area (Å²) in [6, 6.07) is 0.178. The molecule has 1 unspecified atom stereocenters. The van der Waals surface area contributed by atoms with E-state index in [1.807, 2.05) is 0 Å². The number of carboxylic acids is 1. The van der Waals surface area contributed by atoms with Gasteiger partial charge in [-0.15, -0.1) is 0 Å². The maximum absolute atomic E-state index is 12.7. The summed E-state index contributed by atoms with van der Waals surface area (Å²) >= 11 is 0. The first kappa shape index (κ1) is 15.7.